The third-order valence-corrected chi connectivity index (χ3v) is 4.26. The maximum atomic E-state index is 11.5. The first-order valence-corrected chi connectivity index (χ1v) is 10.5. The van der Waals surface area contributed by atoms with Crippen molar-refractivity contribution in [2.45, 2.75) is 13.5 Å². The van der Waals surface area contributed by atoms with E-state index in [1.54, 1.807) is 19.2 Å². The van der Waals surface area contributed by atoms with Gasteiger partial charge in [0, 0.05) is 13.6 Å². The third-order valence-electron chi connectivity index (χ3n) is 3.67. The van der Waals surface area contributed by atoms with Gasteiger partial charge in [0.05, 0.1) is 18.5 Å². The van der Waals surface area contributed by atoms with Gasteiger partial charge in [0.15, 0.2) is 5.96 Å². The molecule has 0 bridgehead atoms. The van der Waals surface area contributed by atoms with Gasteiger partial charge < -0.3 is 15.4 Å². The average molecular weight is 518 g/mol. The lowest BCUT2D eigenvalue weighted by Crippen LogP contribution is -2.39. The molecular formula is C19H27IN4O3S. The molecule has 2 rings (SSSR count). The highest BCUT2D eigenvalue weighted by Gasteiger charge is 2.07. The minimum atomic E-state index is -3.33. The molecule has 28 heavy (non-hydrogen) atoms. The molecule has 0 aliphatic rings. The highest BCUT2D eigenvalue weighted by atomic mass is 127. The molecule has 154 valence electrons. The Morgan fingerprint density at radius 3 is 2.39 bits per heavy atom. The Morgan fingerprint density at radius 2 is 1.75 bits per heavy atom. The summed E-state index contributed by atoms with van der Waals surface area (Å²) in [5.41, 5.74) is 2.56. The lowest BCUT2D eigenvalue weighted by molar-refractivity contribution is 0.322. The first-order chi connectivity index (χ1) is 12.9. The van der Waals surface area contributed by atoms with Crippen molar-refractivity contribution in [3.05, 3.63) is 59.7 Å². The Bertz CT molecular complexity index is 871. The number of aryl methyl sites for hydroxylation is 1. The molecule has 0 atom stereocenters. The lowest BCUT2D eigenvalue weighted by Gasteiger charge is -2.15. The fourth-order valence-corrected chi connectivity index (χ4v) is 2.94. The molecular weight excluding hydrogens is 491 g/mol. The molecule has 0 saturated heterocycles. The van der Waals surface area contributed by atoms with Crippen LogP contribution in [0.5, 0.6) is 5.75 Å². The van der Waals surface area contributed by atoms with Crippen LogP contribution in [0, 0.1) is 6.92 Å². The van der Waals surface area contributed by atoms with E-state index in [1.165, 1.54) is 5.56 Å². The van der Waals surface area contributed by atoms with Crippen LogP contribution in [0.4, 0.5) is 5.69 Å². The van der Waals surface area contributed by atoms with Gasteiger partial charge in [-0.15, -0.1) is 24.0 Å². The number of nitrogens with one attached hydrogen (secondary N) is 3. The third kappa shape index (κ3) is 8.79. The zero-order valence-corrected chi connectivity index (χ0v) is 19.4. The zero-order valence-electron chi connectivity index (χ0n) is 16.2. The summed E-state index contributed by atoms with van der Waals surface area (Å²) in [6.45, 7) is 3.54. The topological polar surface area (TPSA) is 91.8 Å². The first kappa shape index (κ1) is 24.0. The van der Waals surface area contributed by atoms with Gasteiger partial charge in [-0.3, -0.25) is 9.71 Å². The van der Waals surface area contributed by atoms with E-state index in [0.29, 0.717) is 31.3 Å². The van der Waals surface area contributed by atoms with Crippen LogP contribution in [0.15, 0.2) is 53.5 Å². The highest BCUT2D eigenvalue weighted by Crippen LogP contribution is 2.15. The number of sulfonamides is 1. The smallest absolute Gasteiger partial charge is 0.229 e. The van der Waals surface area contributed by atoms with E-state index in [9.17, 15) is 8.42 Å². The second kappa shape index (κ2) is 11.7. The highest BCUT2D eigenvalue weighted by molar-refractivity contribution is 14.0. The number of para-hydroxylation sites is 1. The minimum absolute atomic E-state index is 0. The SMILES string of the molecule is CN=C(NCCOc1ccc(C)cc1)NCc1ccccc1NS(C)(=O)=O.I. The molecule has 0 unspecified atom stereocenters. The lowest BCUT2D eigenvalue weighted by atomic mass is 10.2. The molecule has 0 fully saturated rings. The number of halogens is 1. The summed E-state index contributed by atoms with van der Waals surface area (Å²) in [6.07, 6.45) is 1.13. The number of guanidine groups is 1. The van der Waals surface area contributed by atoms with Crippen molar-refractivity contribution in [3.63, 3.8) is 0 Å². The molecule has 0 aliphatic carbocycles. The molecule has 0 saturated carbocycles. The van der Waals surface area contributed by atoms with Crippen molar-refractivity contribution in [3.8, 4) is 5.75 Å². The maximum absolute atomic E-state index is 11.5. The summed E-state index contributed by atoms with van der Waals surface area (Å²) in [5.74, 6) is 1.43. The maximum Gasteiger partial charge on any atom is 0.229 e. The number of ether oxygens (including phenoxy) is 1. The van der Waals surface area contributed by atoms with Gasteiger partial charge in [-0.05, 0) is 30.7 Å². The summed E-state index contributed by atoms with van der Waals surface area (Å²) in [4.78, 5) is 4.16. The van der Waals surface area contributed by atoms with Crippen molar-refractivity contribution in [1.29, 1.82) is 0 Å². The molecule has 0 radical (unpaired) electrons. The van der Waals surface area contributed by atoms with E-state index in [2.05, 4.69) is 20.3 Å². The van der Waals surface area contributed by atoms with Crippen LogP contribution in [0.1, 0.15) is 11.1 Å². The standard InChI is InChI=1S/C19H26N4O3S.HI/c1-15-8-10-17(11-9-15)26-13-12-21-19(20-2)22-14-16-6-4-5-7-18(16)23-27(3,24)25;/h4-11,23H,12-14H2,1-3H3,(H2,20,21,22);1H. The van der Waals surface area contributed by atoms with E-state index in [0.717, 1.165) is 17.6 Å². The molecule has 0 amide bonds. The van der Waals surface area contributed by atoms with E-state index in [-0.39, 0.29) is 24.0 Å². The van der Waals surface area contributed by atoms with Crippen molar-refractivity contribution in [2.24, 2.45) is 4.99 Å². The van der Waals surface area contributed by atoms with Crippen LogP contribution in [0.2, 0.25) is 0 Å². The van der Waals surface area contributed by atoms with E-state index < -0.39 is 10.0 Å². The largest absolute Gasteiger partial charge is 0.492 e. The van der Waals surface area contributed by atoms with Crippen LogP contribution >= 0.6 is 24.0 Å². The van der Waals surface area contributed by atoms with Crippen molar-refractivity contribution in [1.82, 2.24) is 10.6 Å². The van der Waals surface area contributed by atoms with Gasteiger partial charge >= 0.3 is 0 Å². The average Bonchev–Trinajstić information content (AvgIpc) is 2.62. The van der Waals surface area contributed by atoms with Crippen molar-refractivity contribution >= 4 is 45.6 Å². The summed E-state index contributed by atoms with van der Waals surface area (Å²) in [6, 6.07) is 15.1. The number of benzene rings is 2. The summed E-state index contributed by atoms with van der Waals surface area (Å²) < 4.78 is 31.1. The van der Waals surface area contributed by atoms with Gasteiger partial charge in [-0.25, -0.2) is 8.42 Å². The molecule has 7 nitrogen and oxygen atoms in total. The Balaban J connectivity index is 0.00000392. The first-order valence-electron chi connectivity index (χ1n) is 8.57. The normalized spacial score (nSPS) is 11.3. The Labute approximate surface area is 184 Å². The Morgan fingerprint density at radius 1 is 1.07 bits per heavy atom. The summed E-state index contributed by atoms with van der Waals surface area (Å²) in [5, 5.41) is 6.33. The Kier molecular flexibility index (Phi) is 10.1. The fourth-order valence-electron chi connectivity index (χ4n) is 2.35. The second-order valence-corrected chi connectivity index (χ2v) is 7.79. The molecule has 0 spiro atoms. The minimum Gasteiger partial charge on any atom is -0.492 e. The van der Waals surface area contributed by atoms with Gasteiger partial charge in [0.2, 0.25) is 10.0 Å². The summed E-state index contributed by atoms with van der Waals surface area (Å²) in [7, 11) is -1.65. The van der Waals surface area contributed by atoms with Gasteiger partial charge in [-0.2, -0.15) is 0 Å². The van der Waals surface area contributed by atoms with Crippen molar-refractivity contribution < 1.29 is 13.2 Å². The number of rotatable bonds is 8. The number of hydrogen-bond acceptors (Lipinski definition) is 4. The van der Waals surface area contributed by atoms with E-state index >= 15 is 0 Å². The van der Waals surface area contributed by atoms with Crippen LogP contribution in [-0.4, -0.2) is 40.8 Å². The van der Waals surface area contributed by atoms with E-state index in [4.69, 9.17) is 4.74 Å². The quantitative estimate of drug-likeness (QED) is 0.217. The number of nitrogens with zero attached hydrogens (tertiary/aromatic N) is 1. The monoisotopic (exact) mass is 518 g/mol. The number of aliphatic imine (C=N–C) groups is 1. The van der Waals surface area contributed by atoms with Gasteiger partial charge in [-0.1, -0.05) is 35.9 Å². The second-order valence-electron chi connectivity index (χ2n) is 6.05. The van der Waals surface area contributed by atoms with Crippen LogP contribution in [-0.2, 0) is 16.6 Å². The number of hydrogen-bond donors (Lipinski definition) is 3. The molecule has 0 heterocycles. The van der Waals surface area contributed by atoms with Crippen LogP contribution in [0.25, 0.3) is 0 Å². The molecule has 2 aromatic carbocycles. The predicted octanol–water partition coefficient (Wildman–Crippen LogP) is 2.73. The molecule has 9 heteroatoms. The number of anilines is 1. The molecule has 3 N–H and O–H groups in total. The van der Waals surface area contributed by atoms with Gasteiger partial charge in [0.1, 0.15) is 12.4 Å². The molecule has 0 aromatic heterocycles. The Hall–Kier alpha value is -2.01. The summed E-state index contributed by atoms with van der Waals surface area (Å²) >= 11 is 0. The van der Waals surface area contributed by atoms with Crippen LogP contribution in [0.3, 0.4) is 0 Å². The fraction of sp³-hybridized carbons (Fsp3) is 0.316. The predicted molar refractivity (Wildman–Crippen MR) is 125 cm³/mol. The van der Waals surface area contributed by atoms with Crippen LogP contribution < -0.4 is 20.1 Å². The molecule has 2 aromatic rings. The van der Waals surface area contributed by atoms with Crippen molar-refractivity contribution in [2.75, 3.05) is 31.2 Å². The van der Waals surface area contributed by atoms with E-state index in [1.807, 2.05) is 43.3 Å². The van der Waals surface area contributed by atoms with Gasteiger partial charge in [0.25, 0.3) is 0 Å². The molecule has 0 aliphatic heterocycles. The zero-order chi connectivity index (χ0) is 19.7.